The molecule has 1 amide bonds. The normalized spacial score (nSPS) is 16.4. The van der Waals surface area contributed by atoms with Gasteiger partial charge in [-0.15, -0.1) is 11.3 Å². The third-order valence-electron chi connectivity index (χ3n) is 4.42. The minimum atomic E-state index is -1.79. The van der Waals surface area contributed by atoms with E-state index in [1.165, 1.54) is 16.2 Å². The summed E-state index contributed by atoms with van der Waals surface area (Å²) < 4.78 is 0. The van der Waals surface area contributed by atoms with Gasteiger partial charge in [-0.1, -0.05) is 24.3 Å². The molecule has 1 saturated heterocycles. The SMILES string of the molecule is O=C(c1cccs1)c1ccccc1C(=O)N1CCC(O)(C(=O)O)CC1. The van der Waals surface area contributed by atoms with Gasteiger partial charge >= 0.3 is 5.97 Å². The van der Waals surface area contributed by atoms with Crippen molar-refractivity contribution in [2.45, 2.75) is 18.4 Å². The highest BCUT2D eigenvalue weighted by Crippen LogP contribution is 2.25. The Hall–Kier alpha value is -2.51. The summed E-state index contributed by atoms with van der Waals surface area (Å²) in [5.74, 6) is -1.81. The number of carboxylic acid groups (broad SMARTS) is 1. The largest absolute Gasteiger partial charge is 0.479 e. The van der Waals surface area contributed by atoms with Gasteiger partial charge in [-0.05, 0) is 17.5 Å². The molecule has 0 unspecified atom stereocenters. The van der Waals surface area contributed by atoms with Gasteiger partial charge in [0.25, 0.3) is 5.91 Å². The molecule has 6 nitrogen and oxygen atoms in total. The van der Waals surface area contributed by atoms with E-state index in [-0.39, 0.29) is 37.6 Å². The first-order chi connectivity index (χ1) is 11.9. The molecule has 2 aromatic rings. The summed E-state index contributed by atoms with van der Waals surface area (Å²) in [6.07, 6.45) is -0.0653. The van der Waals surface area contributed by atoms with Gasteiger partial charge in [-0.3, -0.25) is 9.59 Å². The second-order valence-corrected chi connectivity index (χ2v) is 6.93. The molecule has 1 aliphatic rings. The Balaban J connectivity index is 1.82. The number of aliphatic hydroxyl groups is 1. The fourth-order valence-corrected chi connectivity index (χ4v) is 3.55. The van der Waals surface area contributed by atoms with E-state index < -0.39 is 11.6 Å². The minimum absolute atomic E-state index is 0.0326. The van der Waals surface area contributed by atoms with Crippen molar-refractivity contribution in [1.29, 1.82) is 0 Å². The van der Waals surface area contributed by atoms with E-state index in [2.05, 4.69) is 0 Å². The second-order valence-electron chi connectivity index (χ2n) is 5.98. The van der Waals surface area contributed by atoms with Gasteiger partial charge in [0.2, 0.25) is 5.78 Å². The van der Waals surface area contributed by atoms with Crippen molar-refractivity contribution in [2.24, 2.45) is 0 Å². The van der Waals surface area contributed by atoms with Gasteiger partial charge in [0.15, 0.2) is 5.60 Å². The van der Waals surface area contributed by atoms with Crippen molar-refractivity contribution < 1.29 is 24.6 Å². The fourth-order valence-electron chi connectivity index (χ4n) is 2.87. The number of nitrogens with zero attached hydrogens (tertiary/aromatic N) is 1. The summed E-state index contributed by atoms with van der Waals surface area (Å²) in [4.78, 5) is 38.6. The van der Waals surface area contributed by atoms with E-state index in [0.717, 1.165) is 0 Å². The summed E-state index contributed by atoms with van der Waals surface area (Å²) in [5, 5.41) is 20.9. The highest BCUT2D eigenvalue weighted by Gasteiger charge is 2.40. The van der Waals surface area contributed by atoms with Gasteiger partial charge in [0.05, 0.1) is 10.4 Å². The smallest absolute Gasteiger partial charge is 0.335 e. The van der Waals surface area contributed by atoms with Gasteiger partial charge in [-0.25, -0.2) is 4.79 Å². The third kappa shape index (κ3) is 3.33. The molecule has 1 aliphatic heterocycles. The maximum atomic E-state index is 12.8. The standard InChI is InChI=1S/C18H17NO5S/c20-15(14-6-3-11-25-14)12-4-1-2-5-13(12)16(21)19-9-7-18(24,8-10-19)17(22)23/h1-6,11,24H,7-10H2,(H,22,23). The van der Waals surface area contributed by atoms with Gasteiger partial charge in [0.1, 0.15) is 0 Å². The van der Waals surface area contributed by atoms with E-state index in [1.807, 2.05) is 0 Å². The highest BCUT2D eigenvalue weighted by molar-refractivity contribution is 7.12. The van der Waals surface area contributed by atoms with Crippen molar-refractivity contribution in [3.8, 4) is 0 Å². The van der Waals surface area contributed by atoms with Crippen LogP contribution < -0.4 is 0 Å². The van der Waals surface area contributed by atoms with Crippen LogP contribution in [0.15, 0.2) is 41.8 Å². The number of carbonyl (C=O) groups is 3. The zero-order valence-electron chi connectivity index (χ0n) is 13.3. The number of likely N-dealkylation sites (tertiary alicyclic amines) is 1. The van der Waals surface area contributed by atoms with Crippen LogP contribution in [0, 0.1) is 0 Å². The lowest BCUT2D eigenvalue weighted by Crippen LogP contribution is -2.51. The topological polar surface area (TPSA) is 94.9 Å². The monoisotopic (exact) mass is 359 g/mol. The summed E-state index contributed by atoms with van der Waals surface area (Å²) in [7, 11) is 0. The molecule has 1 aromatic heterocycles. The molecule has 25 heavy (non-hydrogen) atoms. The molecule has 1 fully saturated rings. The van der Waals surface area contributed by atoms with E-state index in [4.69, 9.17) is 5.11 Å². The van der Waals surface area contributed by atoms with Crippen LogP contribution in [-0.2, 0) is 4.79 Å². The number of benzene rings is 1. The predicted molar refractivity (Wildman–Crippen MR) is 91.9 cm³/mol. The number of rotatable bonds is 4. The van der Waals surface area contributed by atoms with Crippen LogP contribution in [0.3, 0.4) is 0 Å². The molecule has 3 rings (SSSR count). The maximum absolute atomic E-state index is 12.8. The molecule has 130 valence electrons. The third-order valence-corrected chi connectivity index (χ3v) is 5.29. The Morgan fingerprint density at radius 1 is 1.00 bits per heavy atom. The minimum Gasteiger partial charge on any atom is -0.479 e. The Bertz CT molecular complexity index is 807. The number of amides is 1. The first kappa shape index (κ1) is 17.3. The summed E-state index contributed by atoms with van der Waals surface area (Å²) >= 11 is 1.31. The number of hydrogen-bond donors (Lipinski definition) is 2. The predicted octanol–water partition coefficient (Wildman–Crippen LogP) is 2.03. The molecule has 0 radical (unpaired) electrons. The van der Waals surface area contributed by atoms with Gasteiger partial charge in [0, 0.05) is 31.5 Å². The Morgan fingerprint density at radius 3 is 2.20 bits per heavy atom. The molecular formula is C18H17NO5S. The number of aliphatic carboxylic acids is 1. The van der Waals surface area contributed by atoms with E-state index >= 15 is 0 Å². The molecule has 7 heteroatoms. The van der Waals surface area contributed by atoms with Crippen molar-refractivity contribution in [2.75, 3.05) is 13.1 Å². The average molecular weight is 359 g/mol. The number of thiophene rings is 1. The average Bonchev–Trinajstić information content (AvgIpc) is 3.16. The summed E-state index contributed by atoms with van der Waals surface area (Å²) in [6, 6.07) is 10.1. The van der Waals surface area contributed by atoms with E-state index in [0.29, 0.717) is 16.0 Å². The molecule has 1 aromatic carbocycles. The molecule has 0 bridgehead atoms. The zero-order valence-corrected chi connectivity index (χ0v) is 14.2. The van der Waals surface area contributed by atoms with Crippen LogP contribution in [0.2, 0.25) is 0 Å². The van der Waals surface area contributed by atoms with E-state index in [1.54, 1.807) is 41.8 Å². The van der Waals surface area contributed by atoms with Crippen molar-refractivity contribution in [3.63, 3.8) is 0 Å². The van der Waals surface area contributed by atoms with Crippen LogP contribution in [-0.4, -0.2) is 51.5 Å². The number of carboxylic acids is 1. The number of piperidine rings is 1. The Labute approximate surface area is 148 Å². The number of hydrogen-bond acceptors (Lipinski definition) is 5. The molecule has 0 atom stereocenters. The Kier molecular flexibility index (Phi) is 4.69. The number of carbonyl (C=O) groups excluding carboxylic acids is 2. The van der Waals surface area contributed by atoms with Crippen LogP contribution in [0.1, 0.15) is 38.4 Å². The number of ketones is 1. The van der Waals surface area contributed by atoms with Crippen LogP contribution >= 0.6 is 11.3 Å². The molecule has 2 heterocycles. The lowest BCUT2D eigenvalue weighted by Gasteiger charge is -2.35. The van der Waals surface area contributed by atoms with Crippen LogP contribution in [0.25, 0.3) is 0 Å². The maximum Gasteiger partial charge on any atom is 0.335 e. The lowest BCUT2D eigenvalue weighted by atomic mass is 9.91. The van der Waals surface area contributed by atoms with Crippen molar-refractivity contribution in [3.05, 3.63) is 57.8 Å². The highest BCUT2D eigenvalue weighted by atomic mass is 32.1. The van der Waals surface area contributed by atoms with Gasteiger partial charge < -0.3 is 15.1 Å². The molecule has 0 saturated carbocycles. The molecule has 0 aliphatic carbocycles. The summed E-state index contributed by atoms with van der Waals surface area (Å²) in [5.41, 5.74) is -1.17. The van der Waals surface area contributed by atoms with Crippen molar-refractivity contribution in [1.82, 2.24) is 4.90 Å². The van der Waals surface area contributed by atoms with E-state index in [9.17, 15) is 19.5 Å². The molecule has 0 spiro atoms. The lowest BCUT2D eigenvalue weighted by molar-refractivity contribution is -0.162. The van der Waals surface area contributed by atoms with Gasteiger partial charge in [-0.2, -0.15) is 0 Å². The van der Waals surface area contributed by atoms with Crippen molar-refractivity contribution >= 4 is 29.0 Å². The van der Waals surface area contributed by atoms with Crippen LogP contribution in [0.5, 0.6) is 0 Å². The zero-order chi connectivity index (χ0) is 18.0. The first-order valence-corrected chi connectivity index (χ1v) is 8.72. The fraction of sp³-hybridized carbons (Fsp3) is 0.278. The first-order valence-electron chi connectivity index (χ1n) is 7.85. The molecular weight excluding hydrogens is 342 g/mol. The van der Waals surface area contributed by atoms with Crippen LogP contribution in [0.4, 0.5) is 0 Å². The molecule has 2 N–H and O–H groups in total. The second kappa shape index (κ2) is 6.78. The summed E-state index contributed by atoms with van der Waals surface area (Å²) in [6.45, 7) is 0.256. The quantitative estimate of drug-likeness (QED) is 0.815. The Morgan fingerprint density at radius 2 is 1.64 bits per heavy atom.